The van der Waals surface area contributed by atoms with E-state index in [1.54, 1.807) is 0 Å². The molecule has 0 unspecified atom stereocenters. The Morgan fingerprint density at radius 2 is 1.71 bits per heavy atom. The summed E-state index contributed by atoms with van der Waals surface area (Å²) < 4.78 is 5.97. The van der Waals surface area contributed by atoms with Gasteiger partial charge in [-0.1, -0.05) is 20.8 Å². The monoisotopic (exact) mass is 218 g/mol. The molecule has 14 heavy (non-hydrogen) atoms. The van der Waals surface area contributed by atoms with Crippen LogP contribution in [0.25, 0.3) is 0 Å². The van der Waals surface area contributed by atoms with Gasteiger partial charge in [0.1, 0.15) is 0 Å². The van der Waals surface area contributed by atoms with Gasteiger partial charge in [0.05, 0.1) is 12.2 Å². The zero-order valence-electron chi connectivity index (χ0n) is 10.6. The Morgan fingerprint density at radius 3 is 2.14 bits per heavy atom. The zero-order chi connectivity index (χ0) is 11.2. The predicted molar refractivity (Wildman–Crippen MR) is 67.1 cm³/mol. The molecule has 0 aromatic heterocycles. The molecule has 0 saturated heterocycles. The van der Waals surface area contributed by atoms with Crippen molar-refractivity contribution in [1.82, 2.24) is 0 Å². The van der Waals surface area contributed by atoms with E-state index in [0.29, 0.717) is 5.41 Å². The highest BCUT2D eigenvalue weighted by molar-refractivity contribution is 7.98. The third-order valence-corrected chi connectivity index (χ3v) is 3.33. The summed E-state index contributed by atoms with van der Waals surface area (Å²) in [5.41, 5.74) is 0.353. The number of rotatable bonds is 7. The molecule has 0 aliphatic heterocycles. The number of ether oxygens (including phenoxy) is 1. The van der Waals surface area contributed by atoms with Crippen LogP contribution >= 0.6 is 11.8 Å². The van der Waals surface area contributed by atoms with Crippen molar-refractivity contribution in [3.8, 4) is 0 Å². The molecule has 0 rings (SSSR count). The quantitative estimate of drug-likeness (QED) is 0.639. The van der Waals surface area contributed by atoms with E-state index < -0.39 is 0 Å². The Labute approximate surface area is 94.0 Å². The summed E-state index contributed by atoms with van der Waals surface area (Å²) in [7, 11) is 0. The first-order chi connectivity index (χ1) is 6.33. The smallest absolute Gasteiger partial charge is 0.0634 e. The van der Waals surface area contributed by atoms with Gasteiger partial charge in [0.25, 0.3) is 0 Å². The summed E-state index contributed by atoms with van der Waals surface area (Å²) >= 11 is 1.89. The second-order valence-electron chi connectivity index (χ2n) is 5.31. The second-order valence-corrected chi connectivity index (χ2v) is 6.29. The van der Waals surface area contributed by atoms with Crippen molar-refractivity contribution in [1.29, 1.82) is 0 Å². The van der Waals surface area contributed by atoms with Gasteiger partial charge in [-0.25, -0.2) is 0 Å². The van der Waals surface area contributed by atoms with Gasteiger partial charge in [0.15, 0.2) is 0 Å². The van der Waals surface area contributed by atoms with Gasteiger partial charge >= 0.3 is 0 Å². The molecular formula is C12H26OS. The van der Waals surface area contributed by atoms with Crippen LogP contribution in [0, 0.1) is 5.41 Å². The van der Waals surface area contributed by atoms with Crippen LogP contribution in [0.3, 0.4) is 0 Å². The molecule has 2 heteroatoms. The summed E-state index contributed by atoms with van der Waals surface area (Å²) in [6.07, 6.45) is 4.45. The lowest BCUT2D eigenvalue weighted by atomic mass is 9.91. The molecule has 0 aromatic carbocycles. The van der Waals surface area contributed by atoms with Crippen LogP contribution in [-0.4, -0.2) is 24.2 Å². The van der Waals surface area contributed by atoms with E-state index in [0.717, 1.165) is 13.0 Å². The Kier molecular flexibility index (Phi) is 6.15. The van der Waals surface area contributed by atoms with E-state index in [-0.39, 0.29) is 5.60 Å². The van der Waals surface area contributed by atoms with Crippen LogP contribution in [0.15, 0.2) is 0 Å². The Balaban J connectivity index is 3.85. The van der Waals surface area contributed by atoms with E-state index in [9.17, 15) is 0 Å². The fourth-order valence-electron chi connectivity index (χ4n) is 0.913. The largest absolute Gasteiger partial charge is 0.375 e. The Morgan fingerprint density at radius 1 is 1.14 bits per heavy atom. The molecule has 86 valence electrons. The highest BCUT2D eigenvalue weighted by atomic mass is 32.2. The van der Waals surface area contributed by atoms with Crippen LogP contribution in [-0.2, 0) is 4.74 Å². The third kappa shape index (κ3) is 6.72. The molecule has 0 atom stereocenters. The predicted octanol–water partition coefficient (Wildman–Crippen LogP) is 3.97. The van der Waals surface area contributed by atoms with E-state index in [4.69, 9.17) is 4.74 Å². The molecular weight excluding hydrogens is 192 g/mol. The Hall–Kier alpha value is 0.310. The molecule has 0 bridgehead atoms. The molecule has 0 saturated carbocycles. The van der Waals surface area contributed by atoms with Crippen LogP contribution in [0.5, 0.6) is 0 Å². The van der Waals surface area contributed by atoms with E-state index in [2.05, 4.69) is 40.9 Å². The highest BCUT2D eigenvalue weighted by Crippen LogP contribution is 2.25. The molecule has 0 amide bonds. The van der Waals surface area contributed by atoms with Crippen molar-refractivity contribution in [3.05, 3.63) is 0 Å². The fourth-order valence-corrected chi connectivity index (χ4v) is 1.61. The van der Waals surface area contributed by atoms with Gasteiger partial charge in [-0.05, 0) is 44.1 Å². The summed E-state index contributed by atoms with van der Waals surface area (Å²) in [6.45, 7) is 12.0. The number of hydrogen-bond donors (Lipinski definition) is 0. The van der Waals surface area contributed by atoms with E-state index in [1.165, 1.54) is 12.2 Å². The molecule has 0 N–H and O–H groups in total. The van der Waals surface area contributed by atoms with Crippen LogP contribution in [0.4, 0.5) is 0 Å². The standard InChI is InChI=1S/C12H26OS/c1-7-11(2,3)10-13-12(4,5)8-9-14-6/h7-10H2,1-6H3. The van der Waals surface area contributed by atoms with E-state index in [1.807, 2.05) is 11.8 Å². The molecule has 0 heterocycles. The molecule has 0 radical (unpaired) electrons. The normalized spacial score (nSPS) is 13.3. The van der Waals surface area contributed by atoms with Crippen molar-refractivity contribution < 1.29 is 4.74 Å². The lowest BCUT2D eigenvalue weighted by Crippen LogP contribution is -2.31. The van der Waals surface area contributed by atoms with Crippen molar-refractivity contribution >= 4 is 11.8 Å². The van der Waals surface area contributed by atoms with Crippen molar-refractivity contribution in [3.63, 3.8) is 0 Å². The maximum atomic E-state index is 5.97. The lowest BCUT2D eigenvalue weighted by molar-refractivity contribution is -0.0565. The minimum atomic E-state index is 0.0372. The zero-order valence-corrected chi connectivity index (χ0v) is 11.5. The topological polar surface area (TPSA) is 9.23 Å². The van der Waals surface area contributed by atoms with Gasteiger partial charge in [0, 0.05) is 0 Å². The molecule has 0 fully saturated rings. The third-order valence-electron chi connectivity index (χ3n) is 2.72. The average molecular weight is 218 g/mol. The fraction of sp³-hybridized carbons (Fsp3) is 1.00. The SMILES string of the molecule is CCC(C)(C)COC(C)(C)CCSC. The summed E-state index contributed by atoms with van der Waals surface area (Å²) in [5.74, 6) is 1.18. The molecule has 0 spiro atoms. The van der Waals surface area contributed by atoms with Gasteiger partial charge in [-0.3, -0.25) is 0 Å². The van der Waals surface area contributed by atoms with Crippen molar-refractivity contribution in [2.24, 2.45) is 5.41 Å². The van der Waals surface area contributed by atoms with Gasteiger partial charge in [-0.15, -0.1) is 0 Å². The van der Waals surface area contributed by atoms with Crippen LogP contribution in [0.1, 0.15) is 47.5 Å². The van der Waals surface area contributed by atoms with Crippen LogP contribution in [0.2, 0.25) is 0 Å². The minimum absolute atomic E-state index is 0.0372. The minimum Gasteiger partial charge on any atom is -0.375 e. The number of thioether (sulfide) groups is 1. The van der Waals surface area contributed by atoms with E-state index >= 15 is 0 Å². The van der Waals surface area contributed by atoms with Crippen molar-refractivity contribution in [2.45, 2.75) is 53.1 Å². The first kappa shape index (κ1) is 14.3. The lowest BCUT2D eigenvalue weighted by Gasteiger charge is -2.31. The molecule has 1 nitrogen and oxygen atoms in total. The maximum absolute atomic E-state index is 5.97. The summed E-state index contributed by atoms with van der Waals surface area (Å²) in [5, 5.41) is 0. The first-order valence-corrected chi connectivity index (χ1v) is 6.85. The summed E-state index contributed by atoms with van der Waals surface area (Å²) in [6, 6.07) is 0. The van der Waals surface area contributed by atoms with Gasteiger partial charge < -0.3 is 4.74 Å². The molecule has 0 aliphatic carbocycles. The average Bonchev–Trinajstić information content (AvgIpc) is 2.12. The summed E-state index contributed by atoms with van der Waals surface area (Å²) in [4.78, 5) is 0. The highest BCUT2D eigenvalue weighted by Gasteiger charge is 2.23. The Bertz CT molecular complexity index is 152. The maximum Gasteiger partial charge on any atom is 0.0634 e. The van der Waals surface area contributed by atoms with Gasteiger partial charge in [0.2, 0.25) is 0 Å². The second kappa shape index (κ2) is 6.02. The van der Waals surface area contributed by atoms with Gasteiger partial charge in [-0.2, -0.15) is 11.8 Å². The van der Waals surface area contributed by atoms with Crippen molar-refractivity contribution in [2.75, 3.05) is 18.6 Å². The number of hydrogen-bond acceptors (Lipinski definition) is 2. The molecule has 0 aromatic rings. The van der Waals surface area contributed by atoms with Crippen LogP contribution < -0.4 is 0 Å². The molecule has 0 aliphatic rings. The first-order valence-electron chi connectivity index (χ1n) is 5.46.